The molecule has 0 aliphatic carbocycles. The number of rotatable bonds is 9. The molecule has 0 saturated carbocycles. The van der Waals surface area contributed by atoms with Crippen molar-refractivity contribution in [3.8, 4) is 0 Å². The summed E-state index contributed by atoms with van der Waals surface area (Å²) in [5, 5.41) is 0. The van der Waals surface area contributed by atoms with E-state index in [1.54, 1.807) is 0 Å². The summed E-state index contributed by atoms with van der Waals surface area (Å²) < 4.78 is 0. The normalized spacial score (nSPS) is 14.8. The first-order chi connectivity index (χ1) is 7.86. The summed E-state index contributed by atoms with van der Waals surface area (Å²) >= 11 is 0. The van der Waals surface area contributed by atoms with E-state index >= 15 is 0 Å². The van der Waals surface area contributed by atoms with Gasteiger partial charge in [0.25, 0.3) is 0 Å². The highest BCUT2D eigenvalue weighted by Gasteiger charge is 2.07. The van der Waals surface area contributed by atoms with Crippen molar-refractivity contribution in [3.63, 3.8) is 0 Å². The second-order valence-electron chi connectivity index (χ2n) is 4.57. The Hall–Kier alpha value is -0.920. The molecule has 0 spiro atoms. The van der Waals surface area contributed by atoms with Gasteiger partial charge < -0.3 is 9.80 Å². The maximum absolute atomic E-state index is 3.76. The predicted octanol–water partition coefficient (Wildman–Crippen LogP) is 3.93. The highest BCUT2D eigenvalue weighted by Crippen LogP contribution is 2.10. The number of hydrogen-bond acceptors (Lipinski definition) is 2. The molecule has 0 aromatic rings. The van der Waals surface area contributed by atoms with Gasteiger partial charge in [-0.2, -0.15) is 0 Å². The molecule has 1 rings (SSSR count). The van der Waals surface area contributed by atoms with Crippen LogP contribution >= 0.6 is 0 Å². The molecule has 1 heterocycles. The fraction of sp³-hybridized carbons (Fsp3) is 0.714. The summed E-state index contributed by atoms with van der Waals surface area (Å²) in [5.41, 5.74) is 0. The Bertz CT molecular complexity index is 211. The fourth-order valence-electron chi connectivity index (χ4n) is 2.02. The van der Waals surface area contributed by atoms with E-state index in [-0.39, 0.29) is 0 Å². The third-order valence-electron chi connectivity index (χ3n) is 3.10. The van der Waals surface area contributed by atoms with Crippen molar-refractivity contribution in [3.05, 3.63) is 25.2 Å². The van der Waals surface area contributed by atoms with Crippen molar-refractivity contribution in [1.29, 1.82) is 0 Å². The van der Waals surface area contributed by atoms with E-state index in [9.17, 15) is 0 Å². The molecular weight excluding hydrogens is 196 g/mol. The second kappa shape index (κ2) is 8.26. The molecular formula is C14H26N2. The van der Waals surface area contributed by atoms with Crippen molar-refractivity contribution in [1.82, 2.24) is 9.80 Å². The molecule has 0 N–H and O–H groups in total. The highest BCUT2D eigenvalue weighted by atomic mass is 15.3. The Kier molecular flexibility index (Phi) is 6.78. The van der Waals surface area contributed by atoms with Crippen molar-refractivity contribution < 1.29 is 0 Å². The van der Waals surface area contributed by atoms with Crippen molar-refractivity contribution in [2.24, 2.45) is 0 Å². The summed E-state index contributed by atoms with van der Waals surface area (Å²) in [6, 6.07) is 0. The van der Waals surface area contributed by atoms with Gasteiger partial charge in [-0.15, -0.1) is 0 Å². The van der Waals surface area contributed by atoms with Gasteiger partial charge in [-0.25, -0.2) is 0 Å². The van der Waals surface area contributed by atoms with Gasteiger partial charge in [-0.3, -0.25) is 0 Å². The SMILES string of the molecule is C=CN1C=CN(CCCCCCCCC)C1. The van der Waals surface area contributed by atoms with Crippen LogP contribution in [-0.2, 0) is 0 Å². The van der Waals surface area contributed by atoms with Gasteiger partial charge in [0, 0.05) is 18.9 Å². The Morgan fingerprint density at radius 3 is 2.38 bits per heavy atom. The summed E-state index contributed by atoms with van der Waals surface area (Å²) in [7, 11) is 0. The lowest BCUT2D eigenvalue weighted by molar-refractivity contribution is 0.307. The Labute approximate surface area is 101 Å². The molecule has 0 unspecified atom stereocenters. The highest BCUT2D eigenvalue weighted by molar-refractivity contribution is 4.94. The molecule has 16 heavy (non-hydrogen) atoms. The minimum atomic E-state index is 0.985. The van der Waals surface area contributed by atoms with E-state index in [1.807, 2.05) is 6.20 Å². The van der Waals surface area contributed by atoms with E-state index in [1.165, 1.54) is 51.5 Å². The Morgan fingerprint density at radius 2 is 1.75 bits per heavy atom. The van der Waals surface area contributed by atoms with Crippen LogP contribution in [0.4, 0.5) is 0 Å². The molecule has 0 atom stereocenters. The maximum atomic E-state index is 3.76. The third kappa shape index (κ3) is 5.24. The first kappa shape index (κ1) is 13.1. The smallest absolute Gasteiger partial charge is 0.0935 e. The lowest BCUT2D eigenvalue weighted by atomic mass is 10.1. The van der Waals surface area contributed by atoms with Crippen LogP contribution in [-0.4, -0.2) is 23.0 Å². The maximum Gasteiger partial charge on any atom is 0.0935 e. The van der Waals surface area contributed by atoms with Crippen molar-refractivity contribution >= 4 is 0 Å². The van der Waals surface area contributed by atoms with Gasteiger partial charge in [0.15, 0.2) is 0 Å². The zero-order chi connectivity index (χ0) is 11.6. The van der Waals surface area contributed by atoms with Gasteiger partial charge in [0.1, 0.15) is 0 Å². The van der Waals surface area contributed by atoms with E-state index in [0.717, 1.165) is 6.67 Å². The quantitative estimate of drug-likeness (QED) is 0.545. The van der Waals surface area contributed by atoms with Gasteiger partial charge in [-0.05, 0) is 12.6 Å². The topological polar surface area (TPSA) is 6.48 Å². The van der Waals surface area contributed by atoms with Gasteiger partial charge in [-0.1, -0.05) is 52.0 Å². The average Bonchev–Trinajstić information content (AvgIpc) is 2.76. The molecule has 0 bridgehead atoms. The molecule has 0 saturated heterocycles. The monoisotopic (exact) mass is 222 g/mol. The van der Waals surface area contributed by atoms with Gasteiger partial charge in [0.05, 0.1) is 6.67 Å². The summed E-state index contributed by atoms with van der Waals surface area (Å²) in [6.45, 7) is 8.21. The first-order valence-corrected chi connectivity index (χ1v) is 6.67. The van der Waals surface area contributed by atoms with Crippen LogP contribution in [0.15, 0.2) is 25.2 Å². The number of hydrogen-bond donors (Lipinski definition) is 0. The molecule has 92 valence electrons. The predicted molar refractivity (Wildman–Crippen MR) is 70.7 cm³/mol. The van der Waals surface area contributed by atoms with Gasteiger partial charge >= 0.3 is 0 Å². The average molecular weight is 222 g/mol. The molecule has 0 fully saturated rings. The van der Waals surface area contributed by atoms with Crippen LogP contribution in [0, 0.1) is 0 Å². The first-order valence-electron chi connectivity index (χ1n) is 6.67. The molecule has 0 radical (unpaired) electrons. The molecule has 1 aliphatic rings. The second-order valence-corrected chi connectivity index (χ2v) is 4.57. The van der Waals surface area contributed by atoms with E-state index in [4.69, 9.17) is 0 Å². The van der Waals surface area contributed by atoms with Gasteiger partial charge in [0.2, 0.25) is 0 Å². The molecule has 2 heteroatoms. The van der Waals surface area contributed by atoms with Crippen LogP contribution in [0.2, 0.25) is 0 Å². The summed E-state index contributed by atoms with van der Waals surface area (Å²) in [5.74, 6) is 0. The molecule has 0 aromatic carbocycles. The van der Waals surface area contributed by atoms with Crippen LogP contribution in [0.3, 0.4) is 0 Å². The Morgan fingerprint density at radius 1 is 1.06 bits per heavy atom. The molecule has 2 nitrogen and oxygen atoms in total. The van der Waals surface area contributed by atoms with Crippen LogP contribution in [0.25, 0.3) is 0 Å². The van der Waals surface area contributed by atoms with E-state index in [0.29, 0.717) is 0 Å². The van der Waals surface area contributed by atoms with E-state index in [2.05, 4.69) is 35.7 Å². The minimum Gasteiger partial charge on any atom is -0.358 e. The number of unbranched alkanes of at least 4 members (excludes halogenated alkanes) is 6. The summed E-state index contributed by atoms with van der Waals surface area (Å²) in [6.07, 6.45) is 15.8. The molecule has 0 aromatic heterocycles. The lowest BCUT2D eigenvalue weighted by Crippen LogP contribution is -2.22. The number of nitrogens with zero attached hydrogens (tertiary/aromatic N) is 2. The van der Waals surface area contributed by atoms with Crippen molar-refractivity contribution in [2.45, 2.75) is 51.9 Å². The third-order valence-corrected chi connectivity index (χ3v) is 3.10. The lowest BCUT2D eigenvalue weighted by Gasteiger charge is -2.18. The largest absolute Gasteiger partial charge is 0.358 e. The van der Waals surface area contributed by atoms with E-state index < -0.39 is 0 Å². The Balaban J connectivity index is 1.89. The zero-order valence-electron chi connectivity index (χ0n) is 10.7. The fourth-order valence-corrected chi connectivity index (χ4v) is 2.02. The van der Waals surface area contributed by atoms with Crippen LogP contribution < -0.4 is 0 Å². The van der Waals surface area contributed by atoms with Crippen LogP contribution in [0.1, 0.15) is 51.9 Å². The summed E-state index contributed by atoms with van der Waals surface area (Å²) in [4.78, 5) is 4.47. The van der Waals surface area contributed by atoms with Crippen LogP contribution in [0.5, 0.6) is 0 Å². The zero-order valence-corrected chi connectivity index (χ0v) is 10.7. The standard InChI is InChI=1S/C14H26N2/c1-3-5-6-7-8-9-10-11-16-13-12-15(4-2)14-16/h4,12-13H,2-3,5-11,14H2,1H3. The molecule has 1 aliphatic heterocycles. The van der Waals surface area contributed by atoms with Crippen molar-refractivity contribution in [2.75, 3.05) is 13.2 Å². The minimum absolute atomic E-state index is 0.985. The molecule has 0 amide bonds.